The summed E-state index contributed by atoms with van der Waals surface area (Å²) in [5.74, 6) is 0.812. The van der Waals surface area contributed by atoms with Gasteiger partial charge in [-0.3, -0.25) is 0 Å². The zero-order valence-corrected chi connectivity index (χ0v) is 10.4. The number of pyridine rings is 1. The number of nitriles is 1. The van der Waals surface area contributed by atoms with Crippen LogP contribution in [0.15, 0.2) is 18.3 Å². The molecule has 1 N–H and O–H groups in total. The maximum absolute atomic E-state index is 9.12. The smallest absolute Gasteiger partial charge is 0.146 e. The molecule has 4 heteroatoms. The molecule has 1 aliphatic rings. The van der Waals surface area contributed by atoms with Crippen LogP contribution in [0.1, 0.15) is 25.8 Å². The Hall–Kier alpha value is -1.60. The van der Waals surface area contributed by atoms with Crippen molar-refractivity contribution in [2.45, 2.75) is 25.8 Å². The molecule has 2 heterocycles. The molecule has 0 aromatic carbocycles. The molecule has 1 aromatic heterocycles. The van der Waals surface area contributed by atoms with E-state index in [-0.39, 0.29) is 5.54 Å². The third kappa shape index (κ3) is 2.75. The summed E-state index contributed by atoms with van der Waals surface area (Å²) in [6.45, 7) is 7.19. The highest BCUT2D eigenvalue weighted by atomic mass is 15.2. The monoisotopic (exact) mass is 230 g/mol. The molecule has 0 aliphatic carbocycles. The minimum atomic E-state index is 0.0563. The second-order valence-corrected chi connectivity index (χ2v) is 5.07. The molecule has 90 valence electrons. The van der Waals surface area contributed by atoms with Crippen LogP contribution in [-0.2, 0) is 0 Å². The van der Waals surface area contributed by atoms with Crippen molar-refractivity contribution in [1.29, 1.82) is 5.26 Å². The van der Waals surface area contributed by atoms with E-state index in [0.717, 1.165) is 31.9 Å². The molecular weight excluding hydrogens is 212 g/mol. The summed E-state index contributed by atoms with van der Waals surface area (Å²) in [7, 11) is 0. The van der Waals surface area contributed by atoms with Gasteiger partial charge in [-0.15, -0.1) is 0 Å². The van der Waals surface area contributed by atoms with E-state index < -0.39 is 0 Å². The van der Waals surface area contributed by atoms with Gasteiger partial charge in [0.1, 0.15) is 11.9 Å². The minimum absolute atomic E-state index is 0.0563. The van der Waals surface area contributed by atoms with Gasteiger partial charge in [0, 0.05) is 24.8 Å². The summed E-state index contributed by atoms with van der Waals surface area (Å²) in [4.78, 5) is 6.56. The Morgan fingerprint density at radius 3 is 3.12 bits per heavy atom. The van der Waals surface area contributed by atoms with Gasteiger partial charge in [-0.2, -0.15) is 5.26 Å². The zero-order valence-electron chi connectivity index (χ0n) is 10.4. The molecule has 0 saturated carbocycles. The predicted octanol–water partition coefficient (Wildman–Crippen LogP) is 1.53. The van der Waals surface area contributed by atoms with E-state index >= 15 is 0 Å². The molecule has 1 aliphatic heterocycles. The van der Waals surface area contributed by atoms with Gasteiger partial charge in [0.15, 0.2) is 0 Å². The molecule has 0 bridgehead atoms. The molecule has 2 rings (SSSR count). The number of aromatic nitrogens is 1. The molecular formula is C13H18N4. The van der Waals surface area contributed by atoms with Crippen LogP contribution in [0, 0.1) is 11.3 Å². The number of nitrogens with one attached hydrogen (secondary N) is 1. The normalized spacial score (nSPS) is 19.5. The van der Waals surface area contributed by atoms with E-state index in [4.69, 9.17) is 5.26 Å². The Morgan fingerprint density at radius 1 is 1.53 bits per heavy atom. The Morgan fingerprint density at radius 2 is 2.35 bits per heavy atom. The Kier molecular flexibility index (Phi) is 3.30. The van der Waals surface area contributed by atoms with Crippen LogP contribution in [0.2, 0.25) is 0 Å². The quantitative estimate of drug-likeness (QED) is 0.795. The Balaban J connectivity index is 2.29. The van der Waals surface area contributed by atoms with Crippen LogP contribution >= 0.6 is 0 Å². The highest BCUT2D eigenvalue weighted by molar-refractivity contribution is 5.53. The number of hydrogen-bond acceptors (Lipinski definition) is 4. The van der Waals surface area contributed by atoms with Crippen molar-refractivity contribution in [3.05, 3.63) is 23.9 Å². The second kappa shape index (κ2) is 4.72. The maximum atomic E-state index is 9.12. The van der Waals surface area contributed by atoms with E-state index in [2.05, 4.69) is 35.1 Å². The number of rotatable bonds is 1. The highest BCUT2D eigenvalue weighted by Gasteiger charge is 2.25. The molecule has 17 heavy (non-hydrogen) atoms. The third-order valence-electron chi connectivity index (χ3n) is 3.00. The van der Waals surface area contributed by atoms with Crippen LogP contribution in [0.3, 0.4) is 0 Å². The van der Waals surface area contributed by atoms with Crippen LogP contribution in [0.4, 0.5) is 5.82 Å². The number of hydrogen-bond donors (Lipinski definition) is 1. The van der Waals surface area contributed by atoms with Crippen molar-refractivity contribution in [3.63, 3.8) is 0 Å². The largest absolute Gasteiger partial charge is 0.354 e. The number of anilines is 1. The lowest BCUT2D eigenvalue weighted by molar-refractivity contribution is 0.415. The predicted molar refractivity (Wildman–Crippen MR) is 67.9 cm³/mol. The lowest BCUT2D eigenvalue weighted by Crippen LogP contribution is -2.46. The van der Waals surface area contributed by atoms with Gasteiger partial charge in [-0.05, 0) is 38.9 Å². The zero-order chi connectivity index (χ0) is 12.3. The van der Waals surface area contributed by atoms with Gasteiger partial charge in [0.2, 0.25) is 0 Å². The van der Waals surface area contributed by atoms with Crippen molar-refractivity contribution < 1.29 is 0 Å². The molecule has 4 nitrogen and oxygen atoms in total. The van der Waals surface area contributed by atoms with Crippen LogP contribution in [0.5, 0.6) is 0 Å². The lowest BCUT2D eigenvalue weighted by atomic mass is 10.1. The first-order valence-corrected chi connectivity index (χ1v) is 5.97. The van der Waals surface area contributed by atoms with E-state index in [1.165, 1.54) is 0 Å². The summed E-state index contributed by atoms with van der Waals surface area (Å²) in [5.41, 5.74) is 0.714. The first-order valence-electron chi connectivity index (χ1n) is 5.97. The fraction of sp³-hybridized carbons (Fsp3) is 0.538. The van der Waals surface area contributed by atoms with Crippen molar-refractivity contribution in [1.82, 2.24) is 10.3 Å². The van der Waals surface area contributed by atoms with Gasteiger partial charge >= 0.3 is 0 Å². The molecule has 1 aromatic rings. The fourth-order valence-corrected chi connectivity index (χ4v) is 2.23. The van der Waals surface area contributed by atoms with Gasteiger partial charge < -0.3 is 10.2 Å². The summed E-state index contributed by atoms with van der Waals surface area (Å²) >= 11 is 0. The topological polar surface area (TPSA) is 52.0 Å². The summed E-state index contributed by atoms with van der Waals surface area (Å²) in [6.07, 6.45) is 2.83. The summed E-state index contributed by atoms with van der Waals surface area (Å²) < 4.78 is 0. The van der Waals surface area contributed by atoms with Crippen LogP contribution < -0.4 is 10.2 Å². The molecule has 1 fully saturated rings. The molecule has 0 radical (unpaired) electrons. The van der Waals surface area contributed by atoms with Crippen molar-refractivity contribution in [2.75, 3.05) is 24.5 Å². The Labute approximate surface area is 102 Å². The second-order valence-electron chi connectivity index (χ2n) is 5.07. The first kappa shape index (κ1) is 11.9. The van der Waals surface area contributed by atoms with E-state index in [1.54, 1.807) is 6.20 Å². The van der Waals surface area contributed by atoms with Gasteiger partial charge in [-0.25, -0.2) is 4.98 Å². The van der Waals surface area contributed by atoms with Crippen molar-refractivity contribution in [3.8, 4) is 6.07 Å². The lowest BCUT2D eigenvalue weighted by Gasteiger charge is -2.31. The molecule has 1 saturated heterocycles. The fourth-order valence-electron chi connectivity index (χ4n) is 2.23. The molecule has 0 atom stereocenters. The minimum Gasteiger partial charge on any atom is -0.354 e. The summed E-state index contributed by atoms with van der Waals surface area (Å²) in [6, 6.07) is 5.85. The maximum Gasteiger partial charge on any atom is 0.146 e. The number of nitrogens with zero attached hydrogens (tertiary/aromatic N) is 3. The summed E-state index contributed by atoms with van der Waals surface area (Å²) in [5, 5.41) is 12.6. The van der Waals surface area contributed by atoms with Gasteiger partial charge in [0.25, 0.3) is 0 Å². The van der Waals surface area contributed by atoms with Crippen LogP contribution in [0.25, 0.3) is 0 Å². The Bertz CT molecular complexity index is 433. The van der Waals surface area contributed by atoms with E-state index in [0.29, 0.717) is 5.56 Å². The molecule has 0 unspecified atom stereocenters. The third-order valence-corrected chi connectivity index (χ3v) is 3.00. The van der Waals surface area contributed by atoms with Crippen molar-refractivity contribution in [2.24, 2.45) is 0 Å². The molecule has 0 amide bonds. The SMILES string of the molecule is CC1(C)CN(c2ncccc2C#N)CCCN1. The average Bonchev–Trinajstić information content (AvgIpc) is 2.50. The molecule has 0 spiro atoms. The van der Waals surface area contributed by atoms with E-state index in [1.807, 2.05) is 12.1 Å². The first-order chi connectivity index (χ1) is 8.12. The van der Waals surface area contributed by atoms with E-state index in [9.17, 15) is 0 Å². The van der Waals surface area contributed by atoms with Gasteiger partial charge in [-0.1, -0.05) is 0 Å². The average molecular weight is 230 g/mol. The highest BCUT2D eigenvalue weighted by Crippen LogP contribution is 2.20. The van der Waals surface area contributed by atoms with Crippen LogP contribution in [-0.4, -0.2) is 30.2 Å². The van der Waals surface area contributed by atoms with Gasteiger partial charge in [0.05, 0.1) is 5.56 Å². The standard InChI is InChI=1S/C13H18N4/c1-13(2)10-17(8-4-7-16-13)12-11(9-14)5-3-6-15-12/h3,5-6,16H,4,7-8,10H2,1-2H3. The van der Waals surface area contributed by atoms with Crippen molar-refractivity contribution >= 4 is 5.82 Å².